The summed E-state index contributed by atoms with van der Waals surface area (Å²) < 4.78 is 18.2. The number of hydrogen-bond acceptors (Lipinski definition) is 4. The minimum absolute atomic E-state index is 0.293. The third-order valence-corrected chi connectivity index (χ3v) is 4.09. The number of nitrogens with one attached hydrogen (secondary N) is 2. The van der Waals surface area contributed by atoms with Crippen LogP contribution in [0.4, 0.5) is 10.2 Å². The van der Waals surface area contributed by atoms with Gasteiger partial charge in [0.05, 0.1) is 13.0 Å². The van der Waals surface area contributed by atoms with Crippen molar-refractivity contribution in [3.8, 4) is 17.0 Å². The molecule has 3 heterocycles. The molecule has 4 rings (SSSR count). The first-order valence-electron chi connectivity index (χ1n) is 7.60. The minimum Gasteiger partial charge on any atom is -0.481 e. The first-order chi connectivity index (χ1) is 11.7. The van der Waals surface area contributed by atoms with E-state index in [0.717, 1.165) is 16.5 Å². The van der Waals surface area contributed by atoms with Crippen LogP contribution in [0.1, 0.15) is 6.42 Å². The SMILES string of the molecule is COc1ncccc1-c1c[nH]c2nc(NC(=O)C3CC3F)ccc12. The predicted molar refractivity (Wildman–Crippen MR) is 87.5 cm³/mol. The van der Waals surface area contributed by atoms with E-state index in [2.05, 4.69) is 20.3 Å². The number of hydrogen-bond donors (Lipinski definition) is 2. The molecule has 24 heavy (non-hydrogen) atoms. The molecule has 0 aromatic carbocycles. The van der Waals surface area contributed by atoms with E-state index in [9.17, 15) is 9.18 Å². The van der Waals surface area contributed by atoms with E-state index in [1.165, 1.54) is 0 Å². The molecule has 1 aliphatic carbocycles. The minimum atomic E-state index is -1.02. The quantitative estimate of drug-likeness (QED) is 0.772. The maximum atomic E-state index is 12.9. The molecule has 0 radical (unpaired) electrons. The number of aromatic nitrogens is 3. The van der Waals surface area contributed by atoms with Crippen LogP contribution in [0.15, 0.2) is 36.7 Å². The van der Waals surface area contributed by atoms with Crippen molar-refractivity contribution in [2.24, 2.45) is 5.92 Å². The topological polar surface area (TPSA) is 79.9 Å². The van der Waals surface area contributed by atoms with Gasteiger partial charge in [0.1, 0.15) is 17.6 Å². The van der Waals surface area contributed by atoms with Crippen LogP contribution in [0.5, 0.6) is 5.88 Å². The highest BCUT2D eigenvalue weighted by molar-refractivity contribution is 5.98. The normalized spacial score (nSPS) is 19.2. The van der Waals surface area contributed by atoms with Crippen molar-refractivity contribution in [1.82, 2.24) is 15.0 Å². The number of rotatable bonds is 4. The summed E-state index contributed by atoms with van der Waals surface area (Å²) in [5.74, 6) is 0.0630. The number of H-pyrrole nitrogens is 1. The summed E-state index contributed by atoms with van der Waals surface area (Å²) in [6.45, 7) is 0. The van der Waals surface area contributed by atoms with Gasteiger partial charge in [-0.05, 0) is 30.7 Å². The molecule has 3 aromatic heterocycles. The van der Waals surface area contributed by atoms with Crippen LogP contribution in [0.3, 0.4) is 0 Å². The van der Waals surface area contributed by atoms with Gasteiger partial charge in [-0.25, -0.2) is 14.4 Å². The average Bonchev–Trinajstić information content (AvgIpc) is 3.19. The van der Waals surface area contributed by atoms with E-state index in [1.54, 1.807) is 19.4 Å². The van der Waals surface area contributed by atoms with Gasteiger partial charge < -0.3 is 15.0 Å². The van der Waals surface area contributed by atoms with Crippen LogP contribution < -0.4 is 10.1 Å². The number of pyridine rings is 2. The fraction of sp³-hybridized carbons (Fsp3) is 0.235. The molecular weight excluding hydrogens is 311 g/mol. The van der Waals surface area contributed by atoms with Crippen LogP contribution in [-0.4, -0.2) is 34.1 Å². The van der Waals surface area contributed by atoms with Crippen LogP contribution in [0, 0.1) is 5.92 Å². The molecular formula is C17H15FN4O2. The van der Waals surface area contributed by atoms with Gasteiger partial charge in [-0.1, -0.05) is 0 Å². The highest BCUT2D eigenvalue weighted by Gasteiger charge is 2.43. The van der Waals surface area contributed by atoms with Crippen molar-refractivity contribution in [1.29, 1.82) is 0 Å². The Bertz CT molecular complexity index is 924. The Kier molecular flexibility index (Phi) is 3.41. The van der Waals surface area contributed by atoms with E-state index in [-0.39, 0.29) is 5.91 Å². The number of aromatic amines is 1. The number of amides is 1. The van der Waals surface area contributed by atoms with E-state index < -0.39 is 12.1 Å². The lowest BCUT2D eigenvalue weighted by molar-refractivity contribution is -0.117. The molecule has 1 fully saturated rings. The fourth-order valence-corrected chi connectivity index (χ4v) is 2.71. The molecule has 1 aliphatic rings. The molecule has 3 aromatic rings. The Morgan fingerprint density at radius 3 is 2.96 bits per heavy atom. The summed E-state index contributed by atoms with van der Waals surface area (Å²) in [5, 5.41) is 3.53. The Balaban J connectivity index is 1.67. The number of methoxy groups -OCH3 is 1. The molecule has 0 bridgehead atoms. The largest absolute Gasteiger partial charge is 0.481 e. The first-order valence-corrected chi connectivity index (χ1v) is 7.60. The van der Waals surface area contributed by atoms with E-state index >= 15 is 0 Å². The molecule has 6 nitrogen and oxygen atoms in total. The zero-order valence-corrected chi connectivity index (χ0v) is 12.9. The third-order valence-electron chi connectivity index (χ3n) is 4.09. The van der Waals surface area contributed by atoms with Gasteiger partial charge in [0, 0.05) is 28.9 Å². The Hall–Kier alpha value is -2.96. The lowest BCUT2D eigenvalue weighted by Crippen LogP contribution is -2.15. The summed E-state index contributed by atoms with van der Waals surface area (Å²) in [6.07, 6.45) is 2.76. The Morgan fingerprint density at radius 1 is 1.38 bits per heavy atom. The van der Waals surface area contributed by atoms with E-state index in [4.69, 9.17) is 4.74 Å². The zero-order chi connectivity index (χ0) is 16.7. The van der Waals surface area contributed by atoms with Crippen molar-refractivity contribution >= 4 is 22.8 Å². The molecule has 0 saturated heterocycles. The molecule has 0 spiro atoms. The molecule has 2 atom stereocenters. The molecule has 122 valence electrons. The zero-order valence-electron chi connectivity index (χ0n) is 12.9. The molecule has 1 amide bonds. The number of anilines is 1. The summed E-state index contributed by atoms with van der Waals surface area (Å²) in [6, 6.07) is 7.31. The number of carbonyl (C=O) groups excluding carboxylic acids is 1. The monoisotopic (exact) mass is 326 g/mol. The van der Waals surface area contributed by atoms with Crippen LogP contribution in [0.2, 0.25) is 0 Å². The maximum absolute atomic E-state index is 12.9. The highest BCUT2D eigenvalue weighted by Crippen LogP contribution is 2.35. The number of fused-ring (bicyclic) bond motifs is 1. The average molecular weight is 326 g/mol. The predicted octanol–water partition coefficient (Wildman–Crippen LogP) is 2.93. The second-order valence-electron chi connectivity index (χ2n) is 5.70. The van der Waals surface area contributed by atoms with E-state index in [1.807, 2.05) is 24.4 Å². The van der Waals surface area contributed by atoms with Gasteiger partial charge in [0.25, 0.3) is 0 Å². The molecule has 2 N–H and O–H groups in total. The lowest BCUT2D eigenvalue weighted by atomic mass is 10.1. The van der Waals surface area contributed by atoms with Gasteiger partial charge in [0.2, 0.25) is 11.8 Å². The van der Waals surface area contributed by atoms with Crippen LogP contribution >= 0.6 is 0 Å². The number of ether oxygens (including phenoxy) is 1. The van der Waals surface area contributed by atoms with Crippen molar-refractivity contribution < 1.29 is 13.9 Å². The Labute approximate surface area is 137 Å². The van der Waals surface area contributed by atoms with Crippen molar-refractivity contribution in [3.05, 3.63) is 36.7 Å². The molecule has 0 aliphatic heterocycles. The van der Waals surface area contributed by atoms with Gasteiger partial charge in [-0.3, -0.25) is 4.79 Å². The number of nitrogens with zero attached hydrogens (tertiary/aromatic N) is 2. The molecule has 1 saturated carbocycles. The van der Waals surface area contributed by atoms with Crippen molar-refractivity contribution in [2.45, 2.75) is 12.6 Å². The van der Waals surface area contributed by atoms with Crippen molar-refractivity contribution in [3.63, 3.8) is 0 Å². The highest BCUT2D eigenvalue weighted by atomic mass is 19.1. The number of alkyl halides is 1. The lowest BCUT2D eigenvalue weighted by Gasteiger charge is -2.06. The van der Waals surface area contributed by atoms with Crippen molar-refractivity contribution in [2.75, 3.05) is 12.4 Å². The summed E-state index contributed by atoms with van der Waals surface area (Å²) in [7, 11) is 1.57. The summed E-state index contributed by atoms with van der Waals surface area (Å²) >= 11 is 0. The summed E-state index contributed by atoms with van der Waals surface area (Å²) in [5.41, 5.74) is 2.38. The second-order valence-corrected chi connectivity index (χ2v) is 5.70. The fourth-order valence-electron chi connectivity index (χ4n) is 2.71. The smallest absolute Gasteiger partial charge is 0.231 e. The second kappa shape index (κ2) is 5.59. The maximum Gasteiger partial charge on any atom is 0.231 e. The van der Waals surface area contributed by atoms with Crippen LogP contribution in [0.25, 0.3) is 22.2 Å². The van der Waals surface area contributed by atoms with Gasteiger partial charge in [-0.2, -0.15) is 0 Å². The third kappa shape index (κ3) is 2.47. The standard InChI is InChI=1S/C17H15FN4O2/c1-24-17-10(3-2-6-19-17)12-8-20-15-9(12)4-5-14(21-15)22-16(23)11-7-13(11)18/h2-6,8,11,13H,7H2,1H3,(H2,20,21,22,23). The van der Waals surface area contributed by atoms with Crippen LogP contribution in [-0.2, 0) is 4.79 Å². The number of halogens is 1. The first kappa shape index (κ1) is 14.6. The van der Waals surface area contributed by atoms with E-state index in [0.29, 0.717) is 23.8 Å². The summed E-state index contributed by atoms with van der Waals surface area (Å²) in [4.78, 5) is 23.5. The van der Waals surface area contributed by atoms with Gasteiger partial charge in [0.15, 0.2) is 0 Å². The number of carbonyl (C=O) groups is 1. The Morgan fingerprint density at radius 2 is 2.21 bits per heavy atom. The molecule has 2 unspecified atom stereocenters. The molecule has 7 heteroatoms. The van der Waals surface area contributed by atoms with Gasteiger partial charge in [-0.15, -0.1) is 0 Å². The van der Waals surface area contributed by atoms with Gasteiger partial charge >= 0.3 is 0 Å².